The summed E-state index contributed by atoms with van der Waals surface area (Å²) in [5, 5.41) is 3.79. The summed E-state index contributed by atoms with van der Waals surface area (Å²) in [7, 11) is 0. The first-order valence-electron chi connectivity index (χ1n) is 7.50. The number of hydrogen-bond donors (Lipinski definition) is 1. The summed E-state index contributed by atoms with van der Waals surface area (Å²) in [6.45, 7) is 18.3. The zero-order chi connectivity index (χ0) is 13.8. The van der Waals surface area contributed by atoms with Crippen LogP contribution < -0.4 is 5.32 Å². The minimum absolute atomic E-state index is 0.291. The second-order valence-corrected chi connectivity index (χ2v) is 7.96. The first kappa shape index (κ1) is 14.3. The molecule has 2 atom stereocenters. The van der Waals surface area contributed by atoms with Gasteiger partial charge in [-0.25, -0.2) is 0 Å². The van der Waals surface area contributed by atoms with Gasteiger partial charge in [0, 0.05) is 18.1 Å². The van der Waals surface area contributed by atoms with E-state index in [-0.39, 0.29) is 0 Å². The summed E-state index contributed by atoms with van der Waals surface area (Å²) in [6, 6.07) is 0.626. The van der Waals surface area contributed by atoms with Crippen LogP contribution in [0, 0.1) is 22.2 Å². The molecule has 2 unspecified atom stereocenters. The van der Waals surface area contributed by atoms with Crippen LogP contribution in [-0.2, 0) is 4.74 Å². The maximum absolute atomic E-state index is 5.79. The molecular formula is C16H31NO. The van der Waals surface area contributed by atoms with E-state index < -0.39 is 0 Å². The first-order chi connectivity index (χ1) is 8.15. The van der Waals surface area contributed by atoms with Crippen molar-refractivity contribution in [2.24, 2.45) is 22.2 Å². The van der Waals surface area contributed by atoms with Crippen LogP contribution >= 0.6 is 0 Å². The second kappa shape index (κ2) is 4.21. The van der Waals surface area contributed by atoms with Gasteiger partial charge in [-0.2, -0.15) is 0 Å². The molecule has 1 N–H and O–H groups in total. The van der Waals surface area contributed by atoms with Gasteiger partial charge in [0.2, 0.25) is 0 Å². The Kier molecular flexibility index (Phi) is 3.35. The Morgan fingerprint density at radius 3 is 2.00 bits per heavy atom. The molecule has 0 aromatic heterocycles. The lowest BCUT2D eigenvalue weighted by Crippen LogP contribution is -2.61. The van der Waals surface area contributed by atoms with Crippen LogP contribution in [0.15, 0.2) is 0 Å². The lowest BCUT2D eigenvalue weighted by Gasteiger charge is -2.52. The average Bonchev–Trinajstić information content (AvgIpc) is 2.64. The first-order valence-corrected chi connectivity index (χ1v) is 7.50. The predicted molar refractivity (Wildman–Crippen MR) is 76.7 cm³/mol. The van der Waals surface area contributed by atoms with Crippen molar-refractivity contribution in [2.45, 2.75) is 67.0 Å². The van der Waals surface area contributed by atoms with E-state index in [0.29, 0.717) is 28.4 Å². The Balaban J connectivity index is 1.81. The molecule has 2 saturated carbocycles. The Hall–Kier alpha value is -0.0800. The number of ether oxygens (including phenoxy) is 1. The molecular weight excluding hydrogens is 222 g/mol. The molecule has 2 nitrogen and oxygen atoms in total. The average molecular weight is 253 g/mol. The van der Waals surface area contributed by atoms with E-state index in [9.17, 15) is 0 Å². The van der Waals surface area contributed by atoms with E-state index in [2.05, 4.69) is 53.8 Å². The third-order valence-electron chi connectivity index (χ3n) is 6.43. The third-order valence-corrected chi connectivity index (χ3v) is 6.43. The van der Waals surface area contributed by atoms with Crippen LogP contribution in [0.4, 0.5) is 0 Å². The molecule has 0 aromatic rings. The maximum Gasteiger partial charge on any atom is 0.0655 e. The van der Waals surface area contributed by atoms with Crippen LogP contribution in [-0.4, -0.2) is 25.3 Å². The molecule has 18 heavy (non-hydrogen) atoms. The van der Waals surface area contributed by atoms with Crippen molar-refractivity contribution in [3.8, 4) is 0 Å². The van der Waals surface area contributed by atoms with Gasteiger partial charge in [-0.05, 0) is 36.6 Å². The highest BCUT2D eigenvalue weighted by atomic mass is 16.5. The molecule has 2 aliphatic rings. The van der Waals surface area contributed by atoms with Crippen molar-refractivity contribution in [1.82, 2.24) is 5.32 Å². The summed E-state index contributed by atoms with van der Waals surface area (Å²) in [5.41, 5.74) is 1.28. The molecule has 2 fully saturated rings. The molecule has 2 aliphatic carbocycles. The summed E-state index contributed by atoms with van der Waals surface area (Å²) in [6.07, 6.45) is 1.62. The van der Waals surface area contributed by atoms with Crippen LogP contribution in [0.2, 0.25) is 0 Å². The highest BCUT2D eigenvalue weighted by Gasteiger charge is 2.64. The van der Waals surface area contributed by atoms with E-state index in [1.807, 2.05) is 0 Å². The van der Waals surface area contributed by atoms with Crippen molar-refractivity contribution in [3.05, 3.63) is 0 Å². The van der Waals surface area contributed by atoms with Crippen molar-refractivity contribution in [2.75, 3.05) is 13.2 Å². The SMILES string of the molecule is CCOC1CC(NCC2C(C)(C)C2(C)C)C1(C)C. The highest BCUT2D eigenvalue weighted by Crippen LogP contribution is 2.68. The fourth-order valence-corrected chi connectivity index (χ4v) is 3.82. The number of hydrogen-bond acceptors (Lipinski definition) is 2. The monoisotopic (exact) mass is 253 g/mol. The van der Waals surface area contributed by atoms with E-state index >= 15 is 0 Å². The minimum atomic E-state index is 0.291. The van der Waals surface area contributed by atoms with Gasteiger partial charge in [0.1, 0.15) is 0 Å². The molecule has 2 heteroatoms. The predicted octanol–water partition coefficient (Wildman–Crippen LogP) is 3.46. The van der Waals surface area contributed by atoms with Crippen molar-refractivity contribution in [3.63, 3.8) is 0 Å². The molecule has 0 heterocycles. The molecule has 106 valence electrons. The van der Waals surface area contributed by atoms with Gasteiger partial charge in [-0.3, -0.25) is 0 Å². The Labute approximate surface area is 113 Å². The smallest absolute Gasteiger partial charge is 0.0655 e. The fraction of sp³-hybridized carbons (Fsp3) is 1.00. The highest BCUT2D eigenvalue weighted by molar-refractivity contribution is 5.14. The number of nitrogens with one attached hydrogen (secondary N) is 1. The van der Waals surface area contributed by atoms with Crippen LogP contribution in [0.5, 0.6) is 0 Å². The molecule has 0 bridgehead atoms. The van der Waals surface area contributed by atoms with Crippen molar-refractivity contribution < 1.29 is 4.74 Å². The van der Waals surface area contributed by atoms with Gasteiger partial charge < -0.3 is 10.1 Å². The standard InChI is InChI=1S/C16H31NO/c1-8-18-13-9-12(14(13,2)3)17-10-11-15(4,5)16(11,6)7/h11-13,17H,8-10H2,1-7H3. The van der Waals surface area contributed by atoms with E-state index in [4.69, 9.17) is 4.74 Å². The topological polar surface area (TPSA) is 21.3 Å². The molecule has 0 saturated heterocycles. The molecule has 0 amide bonds. The van der Waals surface area contributed by atoms with Gasteiger partial charge in [0.05, 0.1) is 6.10 Å². The fourth-order valence-electron chi connectivity index (χ4n) is 3.82. The zero-order valence-corrected chi connectivity index (χ0v) is 13.3. The van der Waals surface area contributed by atoms with E-state index in [1.54, 1.807) is 0 Å². The van der Waals surface area contributed by atoms with Crippen LogP contribution in [0.1, 0.15) is 54.9 Å². The summed E-state index contributed by atoms with van der Waals surface area (Å²) in [5.74, 6) is 0.812. The molecule has 0 radical (unpaired) electrons. The van der Waals surface area contributed by atoms with Gasteiger partial charge in [0.15, 0.2) is 0 Å². The molecule has 0 spiro atoms. The van der Waals surface area contributed by atoms with E-state index in [1.165, 1.54) is 6.42 Å². The van der Waals surface area contributed by atoms with Crippen molar-refractivity contribution in [1.29, 1.82) is 0 Å². The third kappa shape index (κ3) is 1.92. The Morgan fingerprint density at radius 2 is 1.61 bits per heavy atom. The second-order valence-electron chi connectivity index (χ2n) is 7.96. The quantitative estimate of drug-likeness (QED) is 0.810. The lowest BCUT2D eigenvalue weighted by atomic mass is 9.64. The number of rotatable bonds is 5. The summed E-state index contributed by atoms with van der Waals surface area (Å²) in [4.78, 5) is 0. The lowest BCUT2D eigenvalue weighted by molar-refractivity contribution is -0.114. The largest absolute Gasteiger partial charge is 0.378 e. The summed E-state index contributed by atoms with van der Waals surface area (Å²) >= 11 is 0. The zero-order valence-electron chi connectivity index (χ0n) is 13.3. The molecule has 2 rings (SSSR count). The normalized spacial score (nSPS) is 36.2. The van der Waals surface area contributed by atoms with Gasteiger partial charge >= 0.3 is 0 Å². The van der Waals surface area contributed by atoms with Crippen molar-refractivity contribution >= 4 is 0 Å². The molecule has 0 aromatic carbocycles. The minimum Gasteiger partial charge on any atom is -0.378 e. The van der Waals surface area contributed by atoms with Crippen LogP contribution in [0.25, 0.3) is 0 Å². The Morgan fingerprint density at radius 1 is 1.06 bits per heavy atom. The Bertz CT molecular complexity index is 305. The van der Waals surface area contributed by atoms with Gasteiger partial charge in [0.25, 0.3) is 0 Å². The van der Waals surface area contributed by atoms with E-state index in [0.717, 1.165) is 19.1 Å². The molecule has 0 aliphatic heterocycles. The maximum atomic E-state index is 5.79. The van der Waals surface area contributed by atoms with Gasteiger partial charge in [-0.1, -0.05) is 41.5 Å². The van der Waals surface area contributed by atoms with Gasteiger partial charge in [-0.15, -0.1) is 0 Å². The van der Waals surface area contributed by atoms with Crippen LogP contribution in [0.3, 0.4) is 0 Å². The summed E-state index contributed by atoms with van der Waals surface area (Å²) < 4.78 is 5.79.